The molecule has 138 valence electrons. The lowest BCUT2D eigenvalue weighted by molar-refractivity contribution is -0.132. The zero-order chi connectivity index (χ0) is 17.6. The van der Waals surface area contributed by atoms with E-state index in [4.69, 9.17) is 21.1 Å². The monoisotopic (exact) mass is 368 g/mol. The Morgan fingerprint density at radius 1 is 1.28 bits per heavy atom. The van der Waals surface area contributed by atoms with Crippen LogP contribution in [-0.4, -0.2) is 80.0 Å². The Morgan fingerprint density at radius 2 is 2.04 bits per heavy atom. The molecule has 2 fully saturated rings. The molecule has 0 spiro atoms. The van der Waals surface area contributed by atoms with Crippen molar-refractivity contribution in [2.75, 3.05) is 59.2 Å². The second kappa shape index (κ2) is 8.85. The molecule has 2 heterocycles. The molecule has 6 nitrogen and oxygen atoms in total. The van der Waals surface area contributed by atoms with Gasteiger partial charge in [0, 0.05) is 50.3 Å². The third-order valence-electron chi connectivity index (χ3n) is 4.92. The SMILES string of the molecule is O=C(COc1cccc(Cl)c1)N1C[C@@H](CN2CCOCC2)[C@@H](CO)C1. The van der Waals surface area contributed by atoms with E-state index in [-0.39, 0.29) is 25.0 Å². The summed E-state index contributed by atoms with van der Waals surface area (Å²) in [6.07, 6.45) is 0. The molecule has 1 amide bonds. The zero-order valence-electron chi connectivity index (χ0n) is 14.3. The van der Waals surface area contributed by atoms with E-state index >= 15 is 0 Å². The van der Waals surface area contributed by atoms with Gasteiger partial charge in [0.25, 0.3) is 5.91 Å². The molecule has 1 aromatic carbocycles. The number of carbonyl (C=O) groups is 1. The first-order valence-electron chi connectivity index (χ1n) is 8.73. The van der Waals surface area contributed by atoms with Crippen molar-refractivity contribution < 1.29 is 19.4 Å². The molecule has 0 aliphatic carbocycles. The normalized spacial score (nSPS) is 24.5. The third kappa shape index (κ3) is 5.07. The van der Waals surface area contributed by atoms with Gasteiger partial charge in [-0.1, -0.05) is 17.7 Å². The number of nitrogens with zero attached hydrogens (tertiary/aromatic N) is 2. The van der Waals surface area contributed by atoms with E-state index in [0.717, 1.165) is 32.8 Å². The van der Waals surface area contributed by atoms with Crippen LogP contribution in [0.25, 0.3) is 0 Å². The molecule has 2 atom stereocenters. The summed E-state index contributed by atoms with van der Waals surface area (Å²) >= 11 is 5.92. The van der Waals surface area contributed by atoms with Gasteiger partial charge in [-0.05, 0) is 24.1 Å². The van der Waals surface area contributed by atoms with Crippen LogP contribution in [-0.2, 0) is 9.53 Å². The number of benzene rings is 1. The third-order valence-corrected chi connectivity index (χ3v) is 5.15. The second-order valence-corrected chi connectivity index (χ2v) is 7.10. The molecule has 0 bridgehead atoms. The Hall–Kier alpha value is -1.34. The van der Waals surface area contributed by atoms with Crippen LogP contribution in [0.3, 0.4) is 0 Å². The van der Waals surface area contributed by atoms with E-state index in [0.29, 0.717) is 29.8 Å². The number of hydrogen-bond donors (Lipinski definition) is 1. The van der Waals surface area contributed by atoms with E-state index < -0.39 is 0 Å². The molecule has 0 saturated carbocycles. The van der Waals surface area contributed by atoms with Gasteiger partial charge < -0.3 is 19.5 Å². The summed E-state index contributed by atoms with van der Waals surface area (Å²) in [4.78, 5) is 16.6. The number of carbonyl (C=O) groups excluding carboxylic acids is 1. The topological polar surface area (TPSA) is 62.2 Å². The Kier molecular flexibility index (Phi) is 6.53. The van der Waals surface area contributed by atoms with Crippen molar-refractivity contribution in [3.05, 3.63) is 29.3 Å². The summed E-state index contributed by atoms with van der Waals surface area (Å²) in [5, 5.41) is 10.3. The highest BCUT2D eigenvalue weighted by Gasteiger charge is 2.36. The molecule has 0 aromatic heterocycles. The van der Waals surface area contributed by atoms with Gasteiger partial charge in [-0.15, -0.1) is 0 Å². The van der Waals surface area contributed by atoms with Crippen LogP contribution in [0.1, 0.15) is 0 Å². The van der Waals surface area contributed by atoms with Crippen LogP contribution in [0, 0.1) is 11.8 Å². The predicted octanol–water partition coefficient (Wildman–Crippen LogP) is 1.12. The maximum Gasteiger partial charge on any atom is 0.260 e. The lowest BCUT2D eigenvalue weighted by atomic mass is 9.96. The molecule has 1 N–H and O–H groups in total. The number of morpholine rings is 1. The van der Waals surface area contributed by atoms with Crippen LogP contribution in [0.4, 0.5) is 0 Å². The summed E-state index contributed by atoms with van der Waals surface area (Å²) in [6.45, 7) is 5.59. The highest BCUT2D eigenvalue weighted by Crippen LogP contribution is 2.25. The first-order chi connectivity index (χ1) is 12.2. The van der Waals surface area contributed by atoms with Crippen LogP contribution < -0.4 is 4.74 Å². The van der Waals surface area contributed by atoms with Gasteiger partial charge in [0.05, 0.1) is 13.2 Å². The first kappa shape index (κ1) is 18.5. The maximum absolute atomic E-state index is 12.5. The van der Waals surface area contributed by atoms with Crippen molar-refractivity contribution in [3.8, 4) is 5.75 Å². The smallest absolute Gasteiger partial charge is 0.260 e. The summed E-state index contributed by atoms with van der Waals surface area (Å²) in [7, 11) is 0. The number of rotatable bonds is 6. The lowest BCUT2D eigenvalue weighted by Gasteiger charge is -2.30. The highest BCUT2D eigenvalue weighted by molar-refractivity contribution is 6.30. The van der Waals surface area contributed by atoms with Crippen molar-refractivity contribution in [2.45, 2.75) is 0 Å². The number of aliphatic hydroxyl groups excluding tert-OH is 1. The summed E-state index contributed by atoms with van der Waals surface area (Å²) in [5.74, 6) is 0.947. The molecule has 3 rings (SSSR count). The van der Waals surface area contributed by atoms with Gasteiger partial charge in [0.1, 0.15) is 5.75 Å². The van der Waals surface area contributed by atoms with Crippen LogP contribution in [0.15, 0.2) is 24.3 Å². The molecule has 1 aromatic rings. The number of amides is 1. The predicted molar refractivity (Wildman–Crippen MR) is 94.9 cm³/mol. The Labute approximate surface area is 153 Å². The largest absolute Gasteiger partial charge is 0.484 e. The molecular weight excluding hydrogens is 344 g/mol. The minimum absolute atomic E-state index is 0.0111. The molecular formula is C18H25ClN2O4. The van der Waals surface area contributed by atoms with E-state index in [1.807, 2.05) is 0 Å². The van der Waals surface area contributed by atoms with Crippen LogP contribution in [0.5, 0.6) is 5.75 Å². The lowest BCUT2D eigenvalue weighted by Crippen LogP contribution is -2.41. The average molecular weight is 369 g/mol. The van der Waals surface area contributed by atoms with Crippen molar-refractivity contribution in [2.24, 2.45) is 11.8 Å². The molecule has 0 radical (unpaired) electrons. The second-order valence-electron chi connectivity index (χ2n) is 6.66. The summed E-state index contributed by atoms with van der Waals surface area (Å²) in [5.41, 5.74) is 0. The van der Waals surface area contributed by atoms with Gasteiger partial charge in [-0.2, -0.15) is 0 Å². The number of halogens is 1. The molecule has 2 saturated heterocycles. The first-order valence-corrected chi connectivity index (χ1v) is 9.10. The van der Waals surface area contributed by atoms with E-state index in [9.17, 15) is 9.90 Å². The minimum atomic E-state index is -0.0529. The Bertz CT molecular complexity index is 580. The quantitative estimate of drug-likeness (QED) is 0.815. The van der Waals surface area contributed by atoms with Gasteiger partial charge in [-0.3, -0.25) is 9.69 Å². The molecule has 0 unspecified atom stereocenters. The number of ether oxygens (including phenoxy) is 2. The van der Waals surface area contributed by atoms with Gasteiger partial charge in [0.2, 0.25) is 0 Å². The molecule has 2 aliphatic heterocycles. The van der Waals surface area contributed by atoms with Crippen LogP contribution >= 0.6 is 11.6 Å². The number of likely N-dealkylation sites (tertiary alicyclic amines) is 1. The Morgan fingerprint density at radius 3 is 2.76 bits per heavy atom. The fourth-order valence-corrected chi connectivity index (χ4v) is 3.64. The minimum Gasteiger partial charge on any atom is -0.484 e. The van der Waals surface area contributed by atoms with Crippen LogP contribution in [0.2, 0.25) is 5.02 Å². The summed E-state index contributed by atoms with van der Waals surface area (Å²) < 4.78 is 10.9. The number of aliphatic hydroxyl groups is 1. The van der Waals surface area contributed by atoms with E-state index in [2.05, 4.69) is 4.90 Å². The average Bonchev–Trinajstić information content (AvgIpc) is 3.03. The highest BCUT2D eigenvalue weighted by atomic mass is 35.5. The Balaban J connectivity index is 1.50. The standard InChI is InChI=1S/C18H25ClN2O4/c19-16-2-1-3-17(8-16)25-13-18(23)21-10-14(15(11-21)12-22)9-20-4-6-24-7-5-20/h1-3,8,14-15,22H,4-7,9-13H2/t14-,15-/m1/s1. The van der Waals surface area contributed by atoms with Gasteiger partial charge in [0.15, 0.2) is 6.61 Å². The summed E-state index contributed by atoms with van der Waals surface area (Å²) in [6, 6.07) is 7.02. The molecule has 7 heteroatoms. The fraction of sp³-hybridized carbons (Fsp3) is 0.611. The van der Waals surface area contributed by atoms with Crippen molar-refractivity contribution >= 4 is 17.5 Å². The van der Waals surface area contributed by atoms with Gasteiger partial charge in [-0.25, -0.2) is 0 Å². The maximum atomic E-state index is 12.5. The fourth-order valence-electron chi connectivity index (χ4n) is 3.46. The number of hydrogen-bond acceptors (Lipinski definition) is 5. The van der Waals surface area contributed by atoms with Gasteiger partial charge >= 0.3 is 0 Å². The van der Waals surface area contributed by atoms with E-state index in [1.54, 1.807) is 29.2 Å². The molecule has 25 heavy (non-hydrogen) atoms. The van der Waals surface area contributed by atoms with Crippen molar-refractivity contribution in [1.29, 1.82) is 0 Å². The molecule has 2 aliphatic rings. The van der Waals surface area contributed by atoms with Crippen molar-refractivity contribution in [3.63, 3.8) is 0 Å². The van der Waals surface area contributed by atoms with Crippen molar-refractivity contribution in [1.82, 2.24) is 9.80 Å². The van der Waals surface area contributed by atoms with E-state index in [1.165, 1.54) is 0 Å². The zero-order valence-corrected chi connectivity index (χ0v) is 15.0.